The standard InChI is InChI=1S/C24H28N2O4/c1-18(9-10-19-6-3-2-4-7-19)25-22(27)17-30-24(29)21-13-11-20(12-14-21)16-26-15-5-8-23(26)28/h2-4,6-7,11-14,18H,5,8-10,15-17H2,1H3,(H,25,27). The smallest absolute Gasteiger partial charge is 0.338 e. The van der Waals surface area contributed by atoms with Crippen molar-refractivity contribution in [3.8, 4) is 0 Å². The summed E-state index contributed by atoms with van der Waals surface area (Å²) in [5.74, 6) is -0.679. The number of rotatable bonds is 9. The lowest BCUT2D eigenvalue weighted by Gasteiger charge is -2.15. The number of aryl methyl sites for hydroxylation is 1. The van der Waals surface area contributed by atoms with Crippen LogP contribution in [0.1, 0.15) is 47.7 Å². The summed E-state index contributed by atoms with van der Waals surface area (Å²) in [6, 6.07) is 17.0. The second kappa shape index (κ2) is 10.6. The molecule has 158 valence electrons. The van der Waals surface area contributed by atoms with Crippen molar-refractivity contribution in [1.29, 1.82) is 0 Å². The van der Waals surface area contributed by atoms with Gasteiger partial charge in [-0.05, 0) is 49.4 Å². The number of hydrogen-bond donors (Lipinski definition) is 1. The van der Waals surface area contributed by atoms with E-state index in [4.69, 9.17) is 4.74 Å². The highest BCUT2D eigenvalue weighted by Crippen LogP contribution is 2.15. The van der Waals surface area contributed by atoms with E-state index >= 15 is 0 Å². The topological polar surface area (TPSA) is 75.7 Å². The van der Waals surface area contributed by atoms with Gasteiger partial charge >= 0.3 is 5.97 Å². The van der Waals surface area contributed by atoms with Gasteiger partial charge in [0.2, 0.25) is 5.91 Å². The average molecular weight is 408 g/mol. The van der Waals surface area contributed by atoms with Crippen LogP contribution in [0.2, 0.25) is 0 Å². The first-order valence-corrected chi connectivity index (χ1v) is 10.4. The van der Waals surface area contributed by atoms with Crippen LogP contribution < -0.4 is 5.32 Å². The Balaban J connectivity index is 1.38. The zero-order chi connectivity index (χ0) is 21.3. The fourth-order valence-electron chi connectivity index (χ4n) is 3.47. The summed E-state index contributed by atoms with van der Waals surface area (Å²) in [5, 5.41) is 2.86. The highest BCUT2D eigenvalue weighted by Gasteiger charge is 2.20. The van der Waals surface area contributed by atoms with Gasteiger partial charge < -0.3 is 15.0 Å². The molecule has 1 aliphatic heterocycles. The molecule has 1 aliphatic rings. The van der Waals surface area contributed by atoms with Gasteiger partial charge in [-0.3, -0.25) is 9.59 Å². The zero-order valence-corrected chi connectivity index (χ0v) is 17.3. The fraction of sp³-hybridized carbons (Fsp3) is 0.375. The molecule has 2 amide bonds. The molecule has 0 radical (unpaired) electrons. The molecule has 6 heteroatoms. The third-order valence-electron chi connectivity index (χ3n) is 5.19. The maximum absolute atomic E-state index is 12.2. The highest BCUT2D eigenvalue weighted by molar-refractivity contribution is 5.91. The Morgan fingerprint density at radius 3 is 2.47 bits per heavy atom. The Bertz CT molecular complexity index is 865. The summed E-state index contributed by atoms with van der Waals surface area (Å²) in [6.45, 7) is 2.96. The number of likely N-dealkylation sites (tertiary alicyclic amines) is 1. The van der Waals surface area contributed by atoms with Crippen molar-refractivity contribution in [2.45, 2.75) is 45.2 Å². The van der Waals surface area contributed by atoms with Crippen LogP contribution in [0.3, 0.4) is 0 Å². The minimum atomic E-state index is -0.536. The maximum Gasteiger partial charge on any atom is 0.338 e. The number of amides is 2. The third-order valence-corrected chi connectivity index (χ3v) is 5.19. The molecular formula is C24H28N2O4. The number of carbonyl (C=O) groups excluding carboxylic acids is 3. The molecule has 1 saturated heterocycles. The van der Waals surface area contributed by atoms with Crippen molar-refractivity contribution < 1.29 is 19.1 Å². The lowest BCUT2D eigenvalue weighted by Crippen LogP contribution is -2.36. The fourth-order valence-corrected chi connectivity index (χ4v) is 3.47. The van der Waals surface area contributed by atoms with Gasteiger partial charge in [0.1, 0.15) is 0 Å². The molecular weight excluding hydrogens is 380 g/mol. The summed E-state index contributed by atoms with van der Waals surface area (Å²) in [4.78, 5) is 37.8. The molecule has 0 saturated carbocycles. The van der Waals surface area contributed by atoms with Gasteiger partial charge in [0.15, 0.2) is 6.61 Å². The molecule has 0 bridgehead atoms. The molecule has 30 heavy (non-hydrogen) atoms. The second-order valence-electron chi connectivity index (χ2n) is 7.68. The Kier molecular flexibility index (Phi) is 7.60. The average Bonchev–Trinajstić information content (AvgIpc) is 3.16. The van der Waals surface area contributed by atoms with E-state index in [0.29, 0.717) is 18.5 Å². The molecule has 2 aromatic rings. The van der Waals surface area contributed by atoms with Crippen LogP contribution in [0.5, 0.6) is 0 Å². The summed E-state index contributed by atoms with van der Waals surface area (Å²) in [7, 11) is 0. The number of ether oxygens (including phenoxy) is 1. The van der Waals surface area contributed by atoms with E-state index in [0.717, 1.165) is 31.4 Å². The van der Waals surface area contributed by atoms with Gasteiger partial charge in [-0.15, -0.1) is 0 Å². The van der Waals surface area contributed by atoms with E-state index in [-0.39, 0.29) is 24.5 Å². The van der Waals surface area contributed by atoms with Gasteiger partial charge in [0.05, 0.1) is 5.56 Å². The molecule has 0 aliphatic carbocycles. The van der Waals surface area contributed by atoms with Crippen molar-refractivity contribution in [3.63, 3.8) is 0 Å². The van der Waals surface area contributed by atoms with Crippen molar-refractivity contribution in [2.75, 3.05) is 13.2 Å². The summed E-state index contributed by atoms with van der Waals surface area (Å²) >= 11 is 0. The highest BCUT2D eigenvalue weighted by atomic mass is 16.5. The van der Waals surface area contributed by atoms with Gasteiger partial charge in [-0.1, -0.05) is 42.5 Å². The Labute approximate surface area is 177 Å². The van der Waals surface area contributed by atoms with E-state index in [1.165, 1.54) is 5.56 Å². The molecule has 1 N–H and O–H groups in total. The number of carbonyl (C=O) groups is 3. The molecule has 1 fully saturated rings. The van der Waals surface area contributed by atoms with Crippen LogP contribution in [-0.4, -0.2) is 41.9 Å². The van der Waals surface area contributed by atoms with Crippen LogP contribution in [0.15, 0.2) is 54.6 Å². The SMILES string of the molecule is CC(CCc1ccccc1)NC(=O)COC(=O)c1ccc(CN2CCCC2=O)cc1. The summed E-state index contributed by atoms with van der Waals surface area (Å²) in [6.07, 6.45) is 3.19. The normalized spacial score (nSPS) is 14.4. The van der Waals surface area contributed by atoms with E-state index in [2.05, 4.69) is 17.4 Å². The van der Waals surface area contributed by atoms with Gasteiger partial charge in [-0.2, -0.15) is 0 Å². The molecule has 1 heterocycles. The van der Waals surface area contributed by atoms with Gasteiger partial charge in [0, 0.05) is 25.6 Å². The largest absolute Gasteiger partial charge is 0.452 e. The lowest BCUT2D eigenvalue weighted by atomic mass is 10.1. The minimum absolute atomic E-state index is 0.0102. The van der Waals surface area contributed by atoms with E-state index in [1.54, 1.807) is 12.1 Å². The van der Waals surface area contributed by atoms with Crippen molar-refractivity contribution >= 4 is 17.8 Å². The monoisotopic (exact) mass is 408 g/mol. The molecule has 6 nitrogen and oxygen atoms in total. The molecule has 1 unspecified atom stereocenters. The van der Waals surface area contributed by atoms with Gasteiger partial charge in [-0.25, -0.2) is 4.79 Å². The molecule has 2 aromatic carbocycles. The van der Waals surface area contributed by atoms with Crippen molar-refractivity contribution in [3.05, 3.63) is 71.3 Å². The first kappa shape index (κ1) is 21.6. The maximum atomic E-state index is 12.2. The van der Waals surface area contributed by atoms with E-state index < -0.39 is 5.97 Å². The van der Waals surface area contributed by atoms with Crippen LogP contribution >= 0.6 is 0 Å². The first-order chi connectivity index (χ1) is 14.5. The number of benzene rings is 2. The van der Waals surface area contributed by atoms with Crippen molar-refractivity contribution in [1.82, 2.24) is 10.2 Å². The molecule has 0 aromatic heterocycles. The van der Waals surface area contributed by atoms with E-state index in [1.807, 2.05) is 42.2 Å². The first-order valence-electron chi connectivity index (χ1n) is 10.4. The zero-order valence-electron chi connectivity index (χ0n) is 17.3. The Morgan fingerprint density at radius 2 is 1.80 bits per heavy atom. The number of nitrogens with one attached hydrogen (secondary N) is 1. The minimum Gasteiger partial charge on any atom is -0.452 e. The third kappa shape index (κ3) is 6.44. The number of nitrogens with zero attached hydrogens (tertiary/aromatic N) is 1. The Morgan fingerprint density at radius 1 is 1.07 bits per heavy atom. The summed E-state index contributed by atoms with van der Waals surface area (Å²) in [5.41, 5.74) is 2.57. The van der Waals surface area contributed by atoms with Crippen molar-refractivity contribution in [2.24, 2.45) is 0 Å². The molecule has 1 atom stereocenters. The van der Waals surface area contributed by atoms with Crippen LogP contribution in [0, 0.1) is 0 Å². The summed E-state index contributed by atoms with van der Waals surface area (Å²) < 4.78 is 5.13. The number of esters is 1. The molecule has 3 rings (SSSR count). The predicted octanol–water partition coefficient (Wildman–Crippen LogP) is 3.10. The molecule has 0 spiro atoms. The quantitative estimate of drug-likeness (QED) is 0.647. The predicted molar refractivity (Wildman–Crippen MR) is 114 cm³/mol. The lowest BCUT2D eigenvalue weighted by molar-refractivity contribution is -0.128. The Hall–Kier alpha value is -3.15. The van der Waals surface area contributed by atoms with Crippen LogP contribution in [-0.2, 0) is 27.3 Å². The van der Waals surface area contributed by atoms with Gasteiger partial charge in [0.25, 0.3) is 5.91 Å². The van der Waals surface area contributed by atoms with Crippen LogP contribution in [0.25, 0.3) is 0 Å². The number of hydrogen-bond acceptors (Lipinski definition) is 4. The van der Waals surface area contributed by atoms with Crippen LogP contribution in [0.4, 0.5) is 0 Å². The van der Waals surface area contributed by atoms with E-state index in [9.17, 15) is 14.4 Å². The second-order valence-corrected chi connectivity index (χ2v) is 7.68.